The molecule has 0 aromatic carbocycles. The summed E-state index contributed by atoms with van der Waals surface area (Å²) in [6.07, 6.45) is 16.0. The lowest BCUT2D eigenvalue weighted by atomic mass is 9.94. The fourth-order valence-electron chi connectivity index (χ4n) is 3.56. The standard InChI is InChI=1S/C15H29N/c1-2-13-7-6-10-15(12-11-13)16-14-8-4-3-5-9-14/h13-16H,2-12H2,1H3. The molecule has 0 amide bonds. The van der Waals surface area contributed by atoms with E-state index in [1.807, 2.05) is 0 Å². The van der Waals surface area contributed by atoms with E-state index in [1.165, 1.54) is 70.6 Å². The Morgan fingerprint density at radius 3 is 2.19 bits per heavy atom. The van der Waals surface area contributed by atoms with Gasteiger partial charge in [-0.05, 0) is 38.0 Å². The van der Waals surface area contributed by atoms with Crippen LogP contribution in [0.4, 0.5) is 0 Å². The van der Waals surface area contributed by atoms with E-state index in [9.17, 15) is 0 Å². The van der Waals surface area contributed by atoms with Gasteiger partial charge in [0.1, 0.15) is 0 Å². The van der Waals surface area contributed by atoms with Crippen molar-refractivity contribution in [1.29, 1.82) is 0 Å². The molecule has 0 aliphatic heterocycles. The van der Waals surface area contributed by atoms with Crippen molar-refractivity contribution in [1.82, 2.24) is 5.32 Å². The lowest BCUT2D eigenvalue weighted by Crippen LogP contribution is -2.39. The van der Waals surface area contributed by atoms with Gasteiger partial charge in [0.05, 0.1) is 0 Å². The lowest BCUT2D eigenvalue weighted by molar-refractivity contribution is 0.317. The van der Waals surface area contributed by atoms with Crippen LogP contribution in [0.2, 0.25) is 0 Å². The second-order valence-electron chi connectivity index (χ2n) is 5.98. The second-order valence-corrected chi connectivity index (χ2v) is 5.98. The molecule has 2 fully saturated rings. The first-order valence-corrected chi connectivity index (χ1v) is 7.64. The Morgan fingerprint density at radius 1 is 0.750 bits per heavy atom. The second kappa shape index (κ2) is 6.64. The maximum atomic E-state index is 3.94. The van der Waals surface area contributed by atoms with E-state index in [0.29, 0.717) is 0 Å². The van der Waals surface area contributed by atoms with Crippen LogP contribution in [0.15, 0.2) is 0 Å². The predicted octanol–water partition coefficient (Wildman–Crippen LogP) is 4.27. The molecule has 0 aromatic rings. The SMILES string of the molecule is CCC1CCCC(NC2CCCCC2)CC1. The van der Waals surface area contributed by atoms with Crippen LogP contribution in [0.25, 0.3) is 0 Å². The molecule has 2 aliphatic rings. The van der Waals surface area contributed by atoms with Crippen molar-refractivity contribution in [3.8, 4) is 0 Å². The molecule has 0 radical (unpaired) electrons. The van der Waals surface area contributed by atoms with Gasteiger partial charge in [0.15, 0.2) is 0 Å². The summed E-state index contributed by atoms with van der Waals surface area (Å²) in [6.45, 7) is 2.36. The van der Waals surface area contributed by atoms with Gasteiger partial charge in [-0.1, -0.05) is 45.4 Å². The summed E-state index contributed by atoms with van der Waals surface area (Å²) in [5.74, 6) is 1.03. The van der Waals surface area contributed by atoms with Crippen molar-refractivity contribution in [2.75, 3.05) is 0 Å². The van der Waals surface area contributed by atoms with Gasteiger partial charge >= 0.3 is 0 Å². The van der Waals surface area contributed by atoms with Gasteiger partial charge in [0.25, 0.3) is 0 Å². The van der Waals surface area contributed by atoms with E-state index in [0.717, 1.165) is 18.0 Å². The van der Waals surface area contributed by atoms with Gasteiger partial charge in [-0.15, -0.1) is 0 Å². The van der Waals surface area contributed by atoms with Crippen molar-refractivity contribution < 1.29 is 0 Å². The molecule has 0 heterocycles. The number of hydrogen-bond donors (Lipinski definition) is 1. The van der Waals surface area contributed by atoms with Crippen molar-refractivity contribution in [3.63, 3.8) is 0 Å². The average Bonchev–Trinajstić information content (AvgIpc) is 2.56. The molecule has 0 saturated heterocycles. The summed E-state index contributed by atoms with van der Waals surface area (Å²) in [6, 6.07) is 1.71. The number of rotatable bonds is 3. The molecule has 1 nitrogen and oxygen atoms in total. The highest BCUT2D eigenvalue weighted by Gasteiger charge is 2.21. The quantitative estimate of drug-likeness (QED) is 0.705. The van der Waals surface area contributed by atoms with Crippen LogP contribution in [-0.4, -0.2) is 12.1 Å². The maximum Gasteiger partial charge on any atom is 0.00697 e. The Hall–Kier alpha value is -0.0400. The fraction of sp³-hybridized carbons (Fsp3) is 1.00. The molecule has 2 saturated carbocycles. The Labute approximate surface area is 101 Å². The summed E-state index contributed by atoms with van der Waals surface area (Å²) >= 11 is 0. The van der Waals surface area contributed by atoms with Crippen LogP contribution in [0, 0.1) is 5.92 Å². The molecule has 0 aromatic heterocycles. The molecule has 0 bridgehead atoms. The van der Waals surface area contributed by atoms with Crippen molar-refractivity contribution in [3.05, 3.63) is 0 Å². The minimum absolute atomic E-state index is 0.847. The van der Waals surface area contributed by atoms with Gasteiger partial charge < -0.3 is 5.32 Å². The van der Waals surface area contributed by atoms with Gasteiger partial charge in [-0.2, -0.15) is 0 Å². The van der Waals surface area contributed by atoms with Gasteiger partial charge in [0.2, 0.25) is 0 Å². The van der Waals surface area contributed by atoms with E-state index in [-0.39, 0.29) is 0 Å². The third kappa shape index (κ3) is 3.76. The molecule has 2 rings (SSSR count). The molecule has 1 heteroatoms. The van der Waals surface area contributed by atoms with Crippen LogP contribution in [0.3, 0.4) is 0 Å². The van der Waals surface area contributed by atoms with Gasteiger partial charge in [-0.25, -0.2) is 0 Å². The molecular formula is C15H29N. The molecule has 16 heavy (non-hydrogen) atoms. The molecular weight excluding hydrogens is 194 g/mol. The zero-order valence-corrected chi connectivity index (χ0v) is 11.0. The van der Waals surface area contributed by atoms with Crippen molar-refractivity contribution >= 4 is 0 Å². The summed E-state index contributed by atoms with van der Waals surface area (Å²) < 4.78 is 0. The first kappa shape index (κ1) is 12.4. The minimum Gasteiger partial charge on any atom is -0.311 e. The Balaban J connectivity index is 1.72. The Morgan fingerprint density at radius 2 is 1.44 bits per heavy atom. The van der Waals surface area contributed by atoms with Crippen LogP contribution < -0.4 is 5.32 Å². The molecule has 2 unspecified atom stereocenters. The highest BCUT2D eigenvalue weighted by atomic mass is 14.9. The van der Waals surface area contributed by atoms with Crippen LogP contribution >= 0.6 is 0 Å². The highest BCUT2D eigenvalue weighted by molar-refractivity contribution is 4.80. The molecule has 94 valence electrons. The van der Waals surface area contributed by atoms with E-state index in [2.05, 4.69) is 12.2 Å². The van der Waals surface area contributed by atoms with Crippen LogP contribution in [0.5, 0.6) is 0 Å². The summed E-state index contributed by atoms with van der Waals surface area (Å²) in [5, 5.41) is 3.94. The predicted molar refractivity (Wildman–Crippen MR) is 70.7 cm³/mol. The van der Waals surface area contributed by atoms with Gasteiger partial charge in [-0.3, -0.25) is 0 Å². The smallest absolute Gasteiger partial charge is 0.00697 e. The van der Waals surface area contributed by atoms with Crippen LogP contribution in [-0.2, 0) is 0 Å². The zero-order chi connectivity index (χ0) is 11.2. The lowest BCUT2D eigenvalue weighted by Gasteiger charge is -2.28. The number of hydrogen-bond acceptors (Lipinski definition) is 1. The van der Waals surface area contributed by atoms with E-state index in [4.69, 9.17) is 0 Å². The third-order valence-corrected chi connectivity index (χ3v) is 4.74. The third-order valence-electron chi connectivity index (χ3n) is 4.74. The fourth-order valence-corrected chi connectivity index (χ4v) is 3.56. The Bertz CT molecular complexity index is 184. The largest absolute Gasteiger partial charge is 0.311 e. The van der Waals surface area contributed by atoms with Crippen molar-refractivity contribution in [2.24, 2.45) is 5.92 Å². The molecule has 2 aliphatic carbocycles. The average molecular weight is 223 g/mol. The molecule has 1 N–H and O–H groups in total. The normalized spacial score (nSPS) is 33.6. The summed E-state index contributed by atoms with van der Waals surface area (Å²) in [7, 11) is 0. The first-order valence-electron chi connectivity index (χ1n) is 7.64. The van der Waals surface area contributed by atoms with Crippen molar-refractivity contribution in [2.45, 2.75) is 89.6 Å². The zero-order valence-electron chi connectivity index (χ0n) is 11.0. The monoisotopic (exact) mass is 223 g/mol. The van der Waals surface area contributed by atoms with E-state index >= 15 is 0 Å². The van der Waals surface area contributed by atoms with Crippen LogP contribution in [0.1, 0.15) is 77.6 Å². The topological polar surface area (TPSA) is 12.0 Å². The highest BCUT2D eigenvalue weighted by Crippen LogP contribution is 2.27. The van der Waals surface area contributed by atoms with E-state index < -0.39 is 0 Å². The van der Waals surface area contributed by atoms with Gasteiger partial charge in [0, 0.05) is 12.1 Å². The molecule has 2 atom stereocenters. The first-order chi connectivity index (χ1) is 7.88. The summed E-state index contributed by atoms with van der Waals surface area (Å²) in [5.41, 5.74) is 0. The summed E-state index contributed by atoms with van der Waals surface area (Å²) in [4.78, 5) is 0. The van der Waals surface area contributed by atoms with E-state index in [1.54, 1.807) is 0 Å². The molecule has 0 spiro atoms. The Kier molecular flexibility index (Phi) is 5.15. The number of nitrogens with one attached hydrogen (secondary N) is 1. The minimum atomic E-state index is 0.847. The maximum absolute atomic E-state index is 3.94.